The summed E-state index contributed by atoms with van der Waals surface area (Å²) in [6, 6.07) is 20.4. The zero-order chi connectivity index (χ0) is 34.6. The summed E-state index contributed by atoms with van der Waals surface area (Å²) in [5, 5.41) is 8.67. The number of amides is 2. The van der Waals surface area contributed by atoms with Gasteiger partial charge in [0.15, 0.2) is 15.7 Å². The van der Waals surface area contributed by atoms with Crippen LogP contribution in [0.5, 0.6) is 0 Å². The summed E-state index contributed by atoms with van der Waals surface area (Å²) < 4.78 is 30.3. The van der Waals surface area contributed by atoms with Gasteiger partial charge in [-0.15, -0.1) is 5.06 Å². The highest BCUT2D eigenvalue weighted by atomic mass is 32.2. The number of fused-ring (bicyclic) bond motifs is 1. The molecule has 248 valence electrons. The first kappa shape index (κ1) is 35.1. The first-order chi connectivity index (χ1) is 21.9. The standard InChI is InChI=1S/C36H42N4O6S/c1-9-24-13-12-15-26(21-24)31(33(41)38-23-27-14-10-11-16-30(27)47(8,43)44)39-28-17-18-29-25(22-28)19-20-37-32(29)40(46-36(5,6)7)34(42)45-35(2,3)4/h9-22,31,39H,1,23H2,2-8H3,(H,38,41). The summed E-state index contributed by atoms with van der Waals surface area (Å²) in [5.74, 6) is -0.101. The summed E-state index contributed by atoms with van der Waals surface area (Å²) in [4.78, 5) is 37.7. The minimum atomic E-state index is -3.49. The Kier molecular flexibility index (Phi) is 10.4. The summed E-state index contributed by atoms with van der Waals surface area (Å²) in [7, 11) is -3.49. The predicted molar refractivity (Wildman–Crippen MR) is 186 cm³/mol. The molecule has 11 heteroatoms. The molecule has 0 fully saturated rings. The van der Waals surface area contributed by atoms with Crippen LogP contribution in [0.25, 0.3) is 16.8 Å². The number of hydroxylamine groups is 1. The van der Waals surface area contributed by atoms with Crippen LogP contribution < -0.4 is 15.7 Å². The van der Waals surface area contributed by atoms with Crippen LogP contribution in [-0.2, 0) is 30.8 Å². The van der Waals surface area contributed by atoms with Crippen molar-refractivity contribution in [1.82, 2.24) is 10.3 Å². The molecule has 0 bridgehead atoms. The Hall–Kier alpha value is -4.74. The van der Waals surface area contributed by atoms with E-state index in [9.17, 15) is 18.0 Å². The van der Waals surface area contributed by atoms with Crippen LogP contribution in [0.4, 0.5) is 16.3 Å². The van der Waals surface area contributed by atoms with Crippen molar-refractivity contribution in [3.05, 3.63) is 102 Å². The molecule has 2 amide bonds. The van der Waals surface area contributed by atoms with Crippen molar-refractivity contribution in [2.45, 2.75) is 70.2 Å². The molecule has 2 N–H and O–H groups in total. The second-order valence-electron chi connectivity index (χ2n) is 13.1. The van der Waals surface area contributed by atoms with Gasteiger partial charge < -0.3 is 15.4 Å². The fraction of sp³-hybridized carbons (Fsp3) is 0.306. The van der Waals surface area contributed by atoms with Crippen molar-refractivity contribution in [3.63, 3.8) is 0 Å². The lowest BCUT2D eigenvalue weighted by Gasteiger charge is -2.31. The molecule has 4 rings (SSSR count). The number of carbonyl (C=O) groups is 2. The molecule has 0 aliphatic heterocycles. The van der Waals surface area contributed by atoms with Crippen LogP contribution in [-0.4, -0.2) is 42.9 Å². The van der Waals surface area contributed by atoms with Crippen molar-refractivity contribution in [1.29, 1.82) is 0 Å². The highest BCUT2D eigenvalue weighted by molar-refractivity contribution is 7.90. The molecule has 0 aliphatic rings. The third-order valence-electron chi connectivity index (χ3n) is 6.74. The van der Waals surface area contributed by atoms with E-state index >= 15 is 0 Å². The van der Waals surface area contributed by atoms with Gasteiger partial charge >= 0.3 is 6.09 Å². The number of hydrogen-bond donors (Lipinski definition) is 2. The maximum Gasteiger partial charge on any atom is 0.440 e. The Morgan fingerprint density at radius 3 is 2.34 bits per heavy atom. The van der Waals surface area contributed by atoms with Crippen LogP contribution in [0.1, 0.15) is 64.3 Å². The molecule has 0 saturated heterocycles. The minimum Gasteiger partial charge on any atom is -0.442 e. The van der Waals surface area contributed by atoms with Crippen LogP contribution in [0, 0.1) is 0 Å². The fourth-order valence-corrected chi connectivity index (χ4v) is 5.73. The van der Waals surface area contributed by atoms with Crippen LogP contribution in [0.2, 0.25) is 0 Å². The molecule has 0 saturated carbocycles. The Bertz CT molecular complexity index is 1890. The van der Waals surface area contributed by atoms with Gasteiger partial charge in [0.25, 0.3) is 0 Å². The molecule has 0 aliphatic carbocycles. The number of hydrogen-bond acceptors (Lipinski definition) is 8. The summed E-state index contributed by atoms with van der Waals surface area (Å²) in [6.45, 7) is 14.7. The molecular weight excluding hydrogens is 616 g/mol. The highest BCUT2D eigenvalue weighted by Crippen LogP contribution is 2.32. The number of ether oxygens (including phenoxy) is 1. The van der Waals surface area contributed by atoms with Gasteiger partial charge in [-0.25, -0.2) is 18.2 Å². The number of nitrogens with zero attached hydrogens (tertiary/aromatic N) is 2. The first-order valence-corrected chi connectivity index (χ1v) is 17.0. The van der Waals surface area contributed by atoms with Crippen molar-refractivity contribution in [3.8, 4) is 0 Å². The molecule has 0 radical (unpaired) electrons. The van der Waals surface area contributed by atoms with Crippen molar-refractivity contribution < 1.29 is 27.6 Å². The molecule has 1 unspecified atom stereocenters. The van der Waals surface area contributed by atoms with Gasteiger partial charge in [-0.3, -0.25) is 9.63 Å². The van der Waals surface area contributed by atoms with E-state index in [-0.39, 0.29) is 23.2 Å². The largest absolute Gasteiger partial charge is 0.442 e. The maximum absolute atomic E-state index is 13.8. The number of benzene rings is 3. The molecule has 1 heterocycles. The van der Waals surface area contributed by atoms with Gasteiger partial charge in [-0.2, -0.15) is 0 Å². The second kappa shape index (κ2) is 13.9. The van der Waals surface area contributed by atoms with Crippen LogP contribution >= 0.6 is 0 Å². The van der Waals surface area contributed by atoms with E-state index in [2.05, 4.69) is 22.2 Å². The number of pyridine rings is 1. The average molecular weight is 659 g/mol. The molecule has 4 aromatic rings. The molecule has 1 atom stereocenters. The van der Waals surface area contributed by atoms with Crippen LogP contribution in [0.15, 0.2) is 90.5 Å². The van der Waals surface area contributed by atoms with E-state index in [4.69, 9.17) is 9.57 Å². The van der Waals surface area contributed by atoms with Gasteiger partial charge in [0.2, 0.25) is 5.91 Å². The van der Waals surface area contributed by atoms with Gasteiger partial charge in [0, 0.05) is 30.1 Å². The summed E-state index contributed by atoms with van der Waals surface area (Å²) in [5.41, 5.74) is 1.13. The Balaban J connectivity index is 1.69. The van der Waals surface area contributed by atoms with E-state index in [1.807, 2.05) is 51.1 Å². The number of sulfone groups is 1. The number of carbonyl (C=O) groups excluding carboxylic acids is 2. The smallest absolute Gasteiger partial charge is 0.440 e. The molecule has 1 aromatic heterocycles. The van der Waals surface area contributed by atoms with E-state index in [1.54, 1.807) is 69.4 Å². The number of aromatic nitrogens is 1. The first-order valence-electron chi connectivity index (χ1n) is 15.1. The van der Waals surface area contributed by atoms with E-state index < -0.39 is 33.2 Å². The molecular formula is C36H42N4O6S. The average Bonchev–Trinajstić information content (AvgIpc) is 2.99. The number of rotatable bonds is 10. The zero-order valence-corrected chi connectivity index (χ0v) is 28.6. The van der Waals surface area contributed by atoms with Gasteiger partial charge in [0.05, 0.1) is 10.5 Å². The third kappa shape index (κ3) is 9.40. The normalized spacial score (nSPS) is 12.7. The van der Waals surface area contributed by atoms with E-state index in [0.717, 1.165) is 22.3 Å². The lowest BCUT2D eigenvalue weighted by atomic mass is 10.0. The third-order valence-corrected chi connectivity index (χ3v) is 7.94. The topological polar surface area (TPSA) is 127 Å². The van der Waals surface area contributed by atoms with Crippen molar-refractivity contribution >= 4 is 50.2 Å². The Morgan fingerprint density at radius 2 is 1.68 bits per heavy atom. The quantitative estimate of drug-likeness (QED) is 0.171. The Morgan fingerprint density at radius 1 is 0.957 bits per heavy atom. The molecule has 0 spiro atoms. The zero-order valence-electron chi connectivity index (χ0n) is 27.8. The van der Waals surface area contributed by atoms with Gasteiger partial charge in [-0.05, 0) is 100 Å². The minimum absolute atomic E-state index is 0.0163. The number of anilines is 2. The highest BCUT2D eigenvalue weighted by Gasteiger charge is 2.31. The fourth-order valence-electron chi connectivity index (χ4n) is 4.79. The van der Waals surface area contributed by atoms with Crippen molar-refractivity contribution in [2.24, 2.45) is 0 Å². The summed E-state index contributed by atoms with van der Waals surface area (Å²) >= 11 is 0. The molecule has 10 nitrogen and oxygen atoms in total. The SMILES string of the molecule is C=Cc1cccc(C(Nc2ccc3c(N(OC(C)(C)C)C(=O)OC(C)(C)C)nccc3c2)C(=O)NCc2ccccc2S(C)(=O)=O)c1. The predicted octanol–water partition coefficient (Wildman–Crippen LogP) is 7.22. The number of nitrogens with one attached hydrogen (secondary N) is 2. The van der Waals surface area contributed by atoms with Crippen molar-refractivity contribution in [2.75, 3.05) is 16.6 Å². The lowest BCUT2D eigenvalue weighted by molar-refractivity contribution is -0.122. The second-order valence-corrected chi connectivity index (χ2v) is 15.1. The van der Waals surface area contributed by atoms with E-state index in [1.165, 1.54) is 6.07 Å². The monoisotopic (exact) mass is 658 g/mol. The van der Waals surface area contributed by atoms with Gasteiger partial charge in [0.1, 0.15) is 11.6 Å². The lowest BCUT2D eigenvalue weighted by Crippen LogP contribution is -2.42. The summed E-state index contributed by atoms with van der Waals surface area (Å²) in [6.07, 6.45) is 3.70. The molecule has 47 heavy (non-hydrogen) atoms. The van der Waals surface area contributed by atoms with Crippen LogP contribution in [0.3, 0.4) is 0 Å². The molecule has 3 aromatic carbocycles. The van der Waals surface area contributed by atoms with Gasteiger partial charge in [-0.1, -0.05) is 49.1 Å². The van der Waals surface area contributed by atoms with E-state index in [0.29, 0.717) is 22.2 Å². The maximum atomic E-state index is 13.8. The Labute approximate surface area is 276 Å².